The summed E-state index contributed by atoms with van der Waals surface area (Å²) in [6.45, 7) is 2.17. The smallest absolute Gasteiger partial charge is 0.340 e. The molecule has 0 saturated carbocycles. The molecular weight excluding hydrogens is 256 g/mol. The van der Waals surface area contributed by atoms with Gasteiger partial charge in [0.05, 0.1) is 10.6 Å². The Hall–Kier alpha value is -1.75. The molecule has 0 fully saturated rings. The number of rotatable bonds is 5. The normalized spacial score (nSPS) is 9.89. The average Bonchev–Trinajstić information content (AvgIpc) is 2.33. The van der Waals surface area contributed by atoms with Crippen LogP contribution in [0.4, 0.5) is 5.69 Å². The molecule has 3 N–H and O–H groups in total. The van der Waals surface area contributed by atoms with Crippen molar-refractivity contribution in [3.8, 4) is 0 Å². The Morgan fingerprint density at radius 1 is 1.44 bits per heavy atom. The second kappa shape index (κ2) is 6.86. The van der Waals surface area contributed by atoms with Crippen LogP contribution in [-0.4, -0.2) is 25.0 Å². The van der Waals surface area contributed by atoms with Gasteiger partial charge in [0.2, 0.25) is 0 Å². The summed E-state index contributed by atoms with van der Waals surface area (Å²) in [6, 6.07) is 4.46. The van der Waals surface area contributed by atoms with E-state index in [0.717, 1.165) is 6.42 Å². The van der Waals surface area contributed by atoms with Gasteiger partial charge >= 0.3 is 5.97 Å². The Morgan fingerprint density at radius 2 is 2.17 bits per heavy atom. The van der Waals surface area contributed by atoms with Crippen molar-refractivity contribution in [3.05, 3.63) is 28.8 Å². The minimum atomic E-state index is -0.647. The third kappa shape index (κ3) is 4.25. The molecule has 1 rings (SSSR count). The van der Waals surface area contributed by atoms with Gasteiger partial charge in [0.25, 0.3) is 5.91 Å². The van der Waals surface area contributed by atoms with Crippen molar-refractivity contribution in [1.82, 2.24) is 5.32 Å². The van der Waals surface area contributed by atoms with Gasteiger partial charge in [0.15, 0.2) is 6.61 Å². The number of amides is 1. The number of esters is 1. The third-order valence-corrected chi connectivity index (χ3v) is 2.43. The van der Waals surface area contributed by atoms with Gasteiger partial charge in [-0.2, -0.15) is 0 Å². The zero-order chi connectivity index (χ0) is 13.5. The van der Waals surface area contributed by atoms with E-state index < -0.39 is 5.97 Å². The molecule has 18 heavy (non-hydrogen) atoms. The number of ether oxygens (including phenoxy) is 1. The summed E-state index contributed by atoms with van der Waals surface area (Å²) in [5.41, 5.74) is 6.15. The van der Waals surface area contributed by atoms with Crippen LogP contribution in [-0.2, 0) is 9.53 Å². The fraction of sp³-hybridized carbons (Fsp3) is 0.333. The first-order valence-corrected chi connectivity index (χ1v) is 5.91. The molecule has 0 unspecified atom stereocenters. The SMILES string of the molecule is CCCNC(=O)COC(=O)c1ccc(N)cc1Cl. The summed E-state index contributed by atoms with van der Waals surface area (Å²) >= 11 is 5.84. The lowest BCUT2D eigenvalue weighted by atomic mass is 10.2. The fourth-order valence-corrected chi connectivity index (χ4v) is 1.49. The molecule has 5 nitrogen and oxygen atoms in total. The van der Waals surface area contributed by atoms with E-state index in [-0.39, 0.29) is 23.1 Å². The second-order valence-corrected chi connectivity index (χ2v) is 4.07. The maximum Gasteiger partial charge on any atom is 0.340 e. The van der Waals surface area contributed by atoms with E-state index in [0.29, 0.717) is 12.2 Å². The fourth-order valence-electron chi connectivity index (χ4n) is 1.22. The van der Waals surface area contributed by atoms with Crippen LogP contribution in [0.3, 0.4) is 0 Å². The highest BCUT2D eigenvalue weighted by Gasteiger charge is 2.13. The van der Waals surface area contributed by atoms with E-state index in [1.807, 2.05) is 6.92 Å². The summed E-state index contributed by atoms with van der Waals surface area (Å²) < 4.78 is 4.83. The standard InChI is InChI=1S/C12H15ClN2O3/c1-2-5-15-11(16)7-18-12(17)9-4-3-8(14)6-10(9)13/h3-4,6H,2,5,7,14H2,1H3,(H,15,16). The summed E-state index contributed by atoms with van der Waals surface area (Å²) in [5.74, 6) is -0.983. The van der Waals surface area contributed by atoms with Crippen molar-refractivity contribution < 1.29 is 14.3 Å². The van der Waals surface area contributed by atoms with Gasteiger partial charge in [0.1, 0.15) is 0 Å². The molecule has 1 amide bonds. The molecule has 0 aliphatic rings. The summed E-state index contributed by atoms with van der Waals surface area (Å²) in [5, 5.41) is 2.80. The monoisotopic (exact) mass is 270 g/mol. The quantitative estimate of drug-likeness (QED) is 0.629. The summed E-state index contributed by atoms with van der Waals surface area (Å²) in [7, 11) is 0. The Morgan fingerprint density at radius 3 is 2.78 bits per heavy atom. The Kier molecular flexibility index (Phi) is 5.45. The van der Waals surface area contributed by atoms with Crippen LogP contribution >= 0.6 is 11.6 Å². The number of halogens is 1. The van der Waals surface area contributed by atoms with Gasteiger partial charge in [-0.15, -0.1) is 0 Å². The van der Waals surface area contributed by atoms with Gasteiger partial charge < -0.3 is 15.8 Å². The first kappa shape index (κ1) is 14.3. The predicted octanol–water partition coefficient (Wildman–Crippen LogP) is 1.61. The average molecular weight is 271 g/mol. The van der Waals surface area contributed by atoms with Gasteiger partial charge in [0, 0.05) is 12.2 Å². The zero-order valence-electron chi connectivity index (χ0n) is 10.0. The number of nitrogens with one attached hydrogen (secondary N) is 1. The van der Waals surface area contributed by atoms with Crippen molar-refractivity contribution >= 4 is 29.2 Å². The lowest BCUT2D eigenvalue weighted by Crippen LogP contribution is -2.29. The van der Waals surface area contributed by atoms with Crippen molar-refractivity contribution in [1.29, 1.82) is 0 Å². The minimum absolute atomic E-state index is 0.189. The molecule has 0 bridgehead atoms. The van der Waals surface area contributed by atoms with Crippen LogP contribution in [0.2, 0.25) is 5.02 Å². The molecule has 0 spiro atoms. The van der Waals surface area contributed by atoms with Gasteiger partial charge in [-0.3, -0.25) is 4.79 Å². The molecule has 0 aliphatic carbocycles. The van der Waals surface area contributed by atoms with E-state index in [4.69, 9.17) is 22.1 Å². The number of nitrogen functional groups attached to an aromatic ring is 1. The molecule has 98 valence electrons. The highest BCUT2D eigenvalue weighted by molar-refractivity contribution is 6.33. The van der Waals surface area contributed by atoms with Crippen LogP contribution in [0.15, 0.2) is 18.2 Å². The van der Waals surface area contributed by atoms with Gasteiger partial charge in [-0.25, -0.2) is 4.79 Å². The summed E-state index contributed by atoms with van der Waals surface area (Å²) in [4.78, 5) is 22.9. The number of benzene rings is 1. The van der Waals surface area contributed by atoms with E-state index in [1.165, 1.54) is 12.1 Å². The van der Waals surface area contributed by atoms with Crippen LogP contribution in [0.25, 0.3) is 0 Å². The topological polar surface area (TPSA) is 81.4 Å². The van der Waals surface area contributed by atoms with Crippen molar-refractivity contribution in [2.45, 2.75) is 13.3 Å². The number of nitrogens with two attached hydrogens (primary N) is 1. The van der Waals surface area contributed by atoms with Crippen LogP contribution in [0.5, 0.6) is 0 Å². The van der Waals surface area contributed by atoms with Crippen molar-refractivity contribution in [2.24, 2.45) is 0 Å². The summed E-state index contributed by atoms with van der Waals surface area (Å²) in [6.07, 6.45) is 0.823. The predicted molar refractivity (Wildman–Crippen MR) is 69.4 cm³/mol. The first-order valence-electron chi connectivity index (χ1n) is 5.53. The molecule has 0 radical (unpaired) electrons. The molecule has 6 heteroatoms. The number of carbonyl (C=O) groups excluding carboxylic acids is 2. The second-order valence-electron chi connectivity index (χ2n) is 3.67. The zero-order valence-corrected chi connectivity index (χ0v) is 10.8. The Balaban J connectivity index is 2.53. The van der Waals surface area contributed by atoms with Crippen molar-refractivity contribution in [3.63, 3.8) is 0 Å². The lowest BCUT2D eigenvalue weighted by molar-refractivity contribution is -0.124. The number of carbonyl (C=O) groups is 2. The maximum atomic E-state index is 11.6. The van der Waals surface area contributed by atoms with E-state index in [1.54, 1.807) is 6.07 Å². The molecule has 0 aliphatic heterocycles. The van der Waals surface area contributed by atoms with Gasteiger partial charge in [-0.05, 0) is 24.6 Å². The largest absolute Gasteiger partial charge is 0.452 e. The van der Waals surface area contributed by atoms with Gasteiger partial charge in [-0.1, -0.05) is 18.5 Å². The van der Waals surface area contributed by atoms with E-state index in [2.05, 4.69) is 5.32 Å². The third-order valence-electron chi connectivity index (χ3n) is 2.12. The number of hydrogen-bond acceptors (Lipinski definition) is 4. The minimum Gasteiger partial charge on any atom is -0.452 e. The molecule has 0 saturated heterocycles. The number of anilines is 1. The Labute approximate surface area is 110 Å². The molecular formula is C12H15ClN2O3. The maximum absolute atomic E-state index is 11.6. The first-order chi connectivity index (χ1) is 8.54. The lowest BCUT2D eigenvalue weighted by Gasteiger charge is -2.07. The molecule has 1 aromatic rings. The van der Waals surface area contributed by atoms with E-state index >= 15 is 0 Å². The van der Waals surface area contributed by atoms with E-state index in [9.17, 15) is 9.59 Å². The van der Waals surface area contributed by atoms with Crippen molar-refractivity contribution in [2.75, 3.05) is 18.9 Å². The number of hydrogen-bond donors (Lipinski definition) is 2. The highest BCUT2D eigenvalue weighted by atomic mass is 35.5. The van der Waals surface area contributed by atoms with Crippen LogP contribution in [0.1, 0.15) is 23.7 Å². The molecule has 1 aromatic carbocycles. The molecule has 0 atom stereocenters. The molecule has 0 heterocycles. The van der Waals surface area contributed by atoms with Crippen LogP contribution in [0, 0.1) is 0 Å². The highest BCUT2D eigenvalue weighted by Crippen LogP contribution is 2.19. The Bertz CT molecular complexity index is 449. The van der Waals surface area contributed by atoms with Crippen LogP contribution < -0.4 is 11.1 Å². The molecule has 0 aromatic heterocycles.